The number of amides is 1. The van der Waals surface area contributed by atoms with Gasteiger partial charge >= 0.3 is 0 Å². The predicted octanol–water partition coefficient (Wildman–Crippen LogP) is 2.91. The molecule has 106 valence electrons. The molecule has 1 amide bonds. The molecule has 1 aromatic heterocycles. The van der Waals surface area contributed by atoms with Gasteiger partial charge in [-0.15, -0.1) is 11.3 Å². The smallest absolute Gasteiger partial charge is 0.261 e. The van der Waals surface area contributed by atoms with Gasteiger partial charge in [0.05, 0.1) is 17.5 Å². The lowest BCUT2D eigenvalue weighted by Crippen LogP contribution is -2.36. The minimum Gasteiger partial charge on any atom is -0.394 e. The Morgan fingerprint density at radius 1 is 1.37 bits per heavy atom. The van der Waals surface area contributed by atoms with E-state index >= 15 is 0 Å². The summed E-state index contributed by atoms with van der Waals surface area (Å²) in [5.41, 5.74) is 1.37. The molecule has 0 aliphatic heterocycles. The van der Waals surface area contributed by atoms with Gasteiger partial charge in [0.25, 0.3) is 5.91 Å². The van der Waals surface area contributed by atoms with Crippen molar-refractivity contribution in [3.63, 3.8) is 0 Å². The van der Waals surface area contributed by atoms with Gasteiger partial charge in [-0.25, -0.2) is 0 Å². The Kier molecular flexibility index (Phi) is 5.40. The second-order valence-electron chi connectivity index (χ2n) is 5.23. The van der Waals surface area contributed by atoms with Crippen LogP contribution in [0.2, 0.25) is 0 Å². The van der Waals surface area contributed by atoms with E-state index in [9.17, 15) is 4.79 Å². The van der Waals surface area contributed by atoms with Gasteiger partial charge in [0.1, 0.15) is 0 Å². The summed E-state index contributed by atoms with van der Waals surface area (Å²) in [5.74, 6) is -0.0300. The summed E-state index contributed by atoms with van der Waals surface area (Å²) in [7, 11) is 0. The summed E-state index contributed by atoms with van der Waals surface area (Å²) in [6.45, 7) is 1.97. The molecule has 2 rings (SSSR count). The van der Waals surface area contributed by atoms with Crippen molar-refractivity contribution < 1.29 is 9.90 Å². The van der Waals surface area contributed by atoms with Crippen molar-refractivity contribution in [1.29, 1.82) is 0 Å². The normalized spacial score (nSPS) is 17.2. The largest absolute Gasteiger partial charge is 0.394 e. The molecule has 4 heteroatoms. The van der Waals surface area contributed by atoms with Crippen LogP contribution in [0.1, 0.15) is 59.1 Å². The van der Waals surface area contributed by atoms with Crippen LogP contribution in [-0.2, 0) is 12.8 Å². The average molecular weight is 281 g/mol. The molecule has 0 fully saturated rings. The van der Waals surface area contributed by atoms with E-state index in [0.29, 0.717) is 0 Å². The first-order chi connectivity index (χ1) is 9.24. The Bertz CT molecular complexity index is 398. The van der Waals surface area contributed by atoms with Crippen LogP contribution in [0.15, 0.2) is 6.07 Å². The Labute approximate surface area is 119 Å². The van der Waals surface area contributed by atoms with Crippen LogP contribution in [0.25, 0.3) is 0 Å². The van der Waals surface area contributed by atoms with Crippen LogP contribution in [0, 0.1) is 0 Å². The van der Waals surface area contributed by atoms with Gasteiger partial charge in [-0.1, -0.05) is 19.8 Å². The van der Waals surface area contributed by atoms with Crippen LogP contribution < -0.4 is 5.32 Å². The van der Waals surface area contributed by atoms with Gasteiger partial charge in [0.15, 0.2) is 0 Å². The number of fused-ring (bicyclic) bond motifs is 1. The lowest BCUT2D eigenvalue weighted by molar-refractivity contribution is 0.0919. The highest BCUT2D eigenvalue weighted by Crippen LogP contribution is 2.28. The molecule has 0 spiro atoms. The van der Waals surface area contributed by atoms with Crippen molar-refractivity contribution in [2.45, 2.75) is 57.9 Å². The second kappa shape index (κ2) is 7.06. The number of aryl methyl sites for hydroxylation is 2. The SMILES string of the molecule is CC[C@H](CO)NC(=O)c1cc2c(s1)CCCCCC2. The van der Waals surface area contributed by atoms with E-state index in [0.717, 1.165) is 24.1 Å². The Balaban J connectivity index is 2.08. The molecule has 1 heterocycles. The number of hydrogen-bond acceptors (Lipinski definition) is 3. The highest BCUT2D eigenvalue weighted by atomic mass is 32.1. The zero-order chi connectivity index (χ0) is 13.7. The Morgan fingerprint density at radius 3 is 2.79 bits per heavy atom. The van der Waals surface area contributed by atoms with Crippen LogP contribution in [0.4, 0.5) is 0 Å². The van der Waals surface area contributed by atoms with E-state index in [1.807, 2.05) is 6.92 Å². The van der Waals surface area contributed by atoms with Crippen molar-refractivity contribution >= 4 is 17.2 Å². The molecule has 1 atom stereocenters. The molecule has 0 saturated carbocycles. The zero-order valence-electron chi connectivity index (χ0n) is 11.6. The molecule has 0 saturated heterocycles. The molecule has 3 nitrogen and oxygen atoms in total. The molecule has 1 aromatic rings. The van der Waals surface area contributed by atoms with Crippen molar-refractivity contribution in [3.8, 4) is 0 Å². The summed E-state index contributed by atoms with van der Waals surface area (Å²) < 4.78 is 0. The minimum absolute atomic E-state index is 0.00727. The first-order valence-electron chi connectivity index (χ1n) is 7.28. The maximum absolute atomic E-state index is 12.2. The molecular formula is C15H23NO2S. The highest BCUT2D eigenvalue weighted by Gasteiger charge is 2.17. The predicted molar refractivity (Wildman–Crippen MR) is 78.8 cm³/mol. The van der Waals surface area contributed by atoms with Gasteiger partial charge in [0, 0.05) is 4.88 Å². The lowest BCUT2D eigenvalue weighted by atomic mass is 10.00. The first-order valence-corrected chi connectivity index (χ1v) is 8.09. The molecule has 1 aliphatic carbocycles. The number of aliphatic hydroxyl groups excluding tert-OH is 1. The number of hydrogen-bond donors (Lipinski definition) is 2. The monoisotopic (exact) mass is 281 g/mol. The topological polar surface area (TPSA) is 49.3 Å². The molecule has 1 aliphatic rings. The second-order valence-corrected chi connectivity index (χ2v) is 6.37. The molecule has 0 radical (unpaired) electrons. The Morgan fingerprint density at radius 2 is 2.11 bits per heavy atom. The maximum atomic E-state index is 12.2. The fourth-order valence-electron chi connectivity index (χ4n) is 2.49. The van der Waals surface area contributed by atoms with Crippen molar-refractivity contribution in [2.24, 2.45) is 0 Å². The van der Waals surface area contributed by atoms with Gasteiger partial charge in [-0.3, -0.25) is 4.79 Å². The minimum atomic E-state index is -0.128. The van der Waals surface area contributed by atoms with Crippen LogP contribution in [-0.4, -0.2) is 23.7 Å². The Hall–Kier alpha value is -0.870. The number of carbonyl (C=O) groups is 1. The van der Waals surface area contributed by atoms with Gasteiger partial charge in [-0.2, -0.15) is 0 Å². The number of nitrogens with one attached hydrogen (secondary N) is 1. The van der Waals surface area contributed by atoms with Gasteiger partial charge in [0.2, 0.25) is 0 Å². The molecule has 19 heavy (non-hydrogen) atoms. The van der Waals surface area contributed by atoms with E-state index in [4.69, 9.17) is 5.11 Å². The van der Waals surface area contributed by atoms with Gasteiger partial charge < -0.3 is 10.4 Å². The third-order valence-corrected chi connectivity index (χ3v) is 5.00. The summed E-state index contributed by atoms with van der Waals surface area (Å²) in [5, 5.41) is 12.0. The van der Waals surface area contributed by atoms with E-state index in [1.54, 1.807) is 11.3 Å². The van der Waals surface area contributed by atoms with E-state index in [-0.39, 0.29) is 18.6 Å². The van der Waals surface area contributed by atoms with Crippen molar-refractivity contribution in [2.75, 3.05) is 6.61 Å². The standard InChI is InChI=1S/C15H23NO2S/c1-2-12(10-17)16-15(18)14-9-11-7-5-3-4-6-8-13(11)19-14/h9,12,17H,2-8,10H2,1H3,(H,16,18)/t12-/m1/s1. The van der Waals surface area contributed by atoms with Crippen molar-refractivity contribution in [1.82, 2.24) is 5.32 Å². The number of carbonyl (C=O) groups excluding carboxylic acids is 1. The zero-order valence-corrected chi connectivity index (χ0v) is 12.4. The average Bonchev–Trinajstić information content (AvgIpc) is 2.78. The number of rotatable bonds is 4. The number of thiophene rings is 1. The fourth-order valence-corrected chi connectivity index (χ4v) is 3.65. The highest BCUT2D eigenvalue weighted by molar-refractivity contribution is 7.14. The van der Waals surface area contributed by atoms with E-state index in [1.165, 1.54) is 36.1 Å². The number of aliphatic hydroxyl groups is 1. The molecular weight excluding hydrogens is 258 g/mol. The van der Waals surface area contributed by atoms with Crippen molar-refractivity contribution in [3.05, 3.63) is 21.4 Å². The van der Waals surface area contributed by atoms with Crippen LogP contribution >= 0.6 is 11.3 Å². The third kappa shape index (κ3) is 3.80. The molecule has 0 unspecified atom stereocenters. The maximum Gasteiger partial charge on any atom is 0.261 e. The van der Waals surface area contributed by atoms with Crippen LogP contribution in [0.5, 0.6) is 0 Å². The summed E-state index contributed by atoms with van der Waals surface area (Å²) in [6.07, 6.45) is 8.07. The van der Waals surface area contributed by atoms with Crippen LogP contribution in [0.3, 0.4) is 0 Å². The first kappa shape index (κ1) is 14.5. The summed E-state index contributed by atoms with van der Waals surface area (Å²) in [4.78, 5) is 14.3. The summed E-state index contributed by atoms with van der Waals surface area (Å²) in [6, 6.07) is 1.93. The fraction of sp³-hybridized carbons (Fsp3) is 0.667. The quantitative estimate of drug-likeness (QED) is 0.891. The summed E-state index contributed by atoms with van der Waals surface area (Å²) >= 11 is 1.64. The lowest BCUT2D eigenvalue weighted by Gasteiger charge is -2.12. The van der Waals surface area contributed by atoms with E-state index in [2.05, 4.69) is 11.4 Å². The molecule has 0 aromatic carbocycles. The van der Waals surface area contributed by atoms with Gasteiger partial charge in [-0.05, 0) is 43.7 Å². The molecule has 0 bridgehead atoms. The third-order valence-electron chi connectivity index (χ3n) is 3.77. The van der Waals surface area contributed by atoms with E-state index < -0.39 is 0 Å². The molecule has 2 N–H and O–H groups in total.